The van der Waals surface area contributed by atoms with Crippen LogP contribution in [0.1, 0.15) is 47.4 Å². The highest BCUT2D eigenvalue weighted by Gasteiger charge is 2.30. The zero-order valence-corrected chi connectivity index (χ0v) is 15.4. The third-order valence-electron chi connectivity index (χ3n) is 5.42. The summed E-state index contributed by atoms with van der Waals surface area (Å²) in [5.74, 6) is 0.526. The van der Waals surface area contributed by atoms with Gasteiger partial charge in [0.2, 0.25) is 0 Å². The molecule has 1 aromatic carbocycles. The van der Waals surface area contributed by atoms with Gasteiger partial charge in [-0.3, -0.25) is 9.48 Å². The van der Waals surface area contributed by atoms with E-state index < -0.39 is 0 Å². The van der Waals surface area contributed by atoms with Crippen LogP contribution >= 0.6 is 0 Å². The van der Waals surface area contributed by atoms with Crippen LogP contribution in [0.2, 0.25) is 0 Å². The maximum Gasteiger partial charge on any atom is 0.290 e. The molecule has 136 valence electrons. The monoisotopic (exact) mass is 351 g/mol. The predicted octanol–water partition coefficient (Wildman–Crippen LogP) is 4.33. The van der Waals surface area contributed by atoms with Gasteiger partial charge in [0.25, 0.3) is 5.91 Å². The van der Waals surface area contributed by atoms with Gasteiger partial charge >= 0.3 is 0 Å². The second-order valence-electron chi connectivity index (χ2n) is 7.26. The van der Waals surface area contributed by atoms with Crippen molar-refractivity contribution in [1.29, 1.82) is 0 Å². The smallest absolute Gasteiger partial charge is 0.290 e. The molecule has 0 radical (unpaired) electrons. The molecular formula is C21H25N3O2. The summed E-state index contributed by atoms with van der Waals surface area (Å²) in [6.45, 7) is 5.68. The fourth-order valence-corrected chi connectivity index (χ4v) is 3.95. The van der Waals surface area contributed by atoms with E-state index >= 15 is 0 Å². The molecule has 0 aliphatic carbocycles. The number of likely N-dealkylation sites (tertiary alicyclic amines) is 1. The average molecular weight is 351 g/mol. The molecule has 0 N–H and O–H groups in total. The number of fused-ring (bicyclic) bond motifs is 1. The Morgan fingerprint density at radius 1 is 1.31 bits per heavy atom. The molecule has 5 nitrogen and oxygen atoms in total. The third-order valence-corrected chi connectivity index (χ3v) is 5.42. The van der Waals surface area contributed by atoms with Crippen molar-refractivity contribution in [3.8, 4) is 0 Å². The van der Waals surface area contributed by atoms with Crippen molar-refractivity contribution in [3.63, 3.8) is 0 Å². The lowest BCUT2D eigenvalue weighted by Gasteiger charge is -2.35. The van der Waals surface area contributed by atoms with E-state index in [0.717, 1.165) is 48.9 Å². The first-order valence-corrected chi connectivity index (χ1v) is 9.41. The van der Waals surface area contributed by atoms with Crippen LogP contribution in [0.25, 0.3) is 11.0 Å². The van der Waals surface area contributed by atoms with Crippen LogP contribution < -0.4 is 0 Å². The number of rotatable bonds is 4. The first-order valence-electron chi connectivity index (χ1n) is 9.41. The number of furan rings is 1. The second-order valence-corrected chi connectivity index (χ2v) is 7.26. The summed E-state index contributed by atoms with van der Waals surface area (Å²) in [4.78, 5) is 15.3. The van der Waals surface area contributed by atoms with Crippen LogP contribution in [-0.4, -0.2) is 33.2 Å². The van der Waals surface area contributed by atoms with Gasteiger partial charge in [0.05, 0.1) is 0 Å². The fraction of sp³-hybridized carbons (Fsp3) is 0.429. The molecule has 1 saturated heterocycles. The first-order chi connectivity index (χ1) is 12.6. The van der Waals surface area contributed by atoms with E-state index in [9.17, 15) is 4.79 Å². The summed E-state index contributed by atoms with van der Waals surface area (Å²) in [7, 11) is 0. The number of carbonyl (C=O) groups is 1. The minimum Gasteiger partial charge on any atom is -0.451 e. The van der Waals surface area contributed by atoms with Crippen molar-refractivity contribution < 1.29 is 9.21 Å². The fourth-order valence-electron chi connectivity index (χ4n) is 3.95. The lowest BCUT2D eigenvalue weighted by Crippen LogP contribution is -2.44. The van der Waals surface area contributed by atoms with Crippen LogP contribution in [0.4, 0.5) is 0 Å². The molecule has 1 atom stereocenters. The van der Waals surface area contributed by atoms with Crippen LogP contribution in [0.5, 0.6) is 0 Å². The van der Waals surface area contributed by atoms with Gasteiger partial charge in [-0.05, 0) is 57.7 Å². The minimum atomic E-state index is 0.0292. The number of benzene rings is 1. The van der Waals surface area contributed by atoms with E-state index in [1.54, 1.807) is 6.20 Å². The highest BCUT2D eigenvalue weighted by Crippen LogP contribution is 2.29. The molecule has 0 bridgehead atoms. The number of amides is 1. The molecule has 0 spiro atoms. The Labute approximate surface area is 153 Å². The quantitative estimate of drug-likeness (QED) is 0.703. The molecule has 1 amide bonds. The Morgan fingerprint density at radius 2 is 2.19 bits per heavy atom. The van der Waals surface area contributed by atoms with Crippen molar-refractivity contribution in [3.05, 3.63) is 53.5 Å². The van der Waals surface area contributed by atoms with Gasteiger partial charge in [-0.15, -0.1) is 0 Å². The third kappa shape index (κ3) is 3.14. The second kappa shape index (κ2) is 6.98. The van der Waals surface area contributed by atoms with Gasteiger partial charge < -0.3 is 9.32 Å². The largest absolute Gasteiger partial charge is 0.451 e. The Hall–Kier alpha value is -2.56. The van der Waals surface area contributed by atoms with E-state index in [1.807, 2.05) is 40.9 Å². The number of aromatic nitrogens is 2. The lowest BCUT2D eigenvalue weighted by atomic mass is 9.98. The number of carbonyl (C=O) groups excluding carboxylic acids is 1. The van der Waals surface area contributed by atoms with E-state index in [4.69, 9.17) is 4.42 Å². The van der Waals surface area contributed by atoms with Gasteiger partial charge in [-0.25, -0.2) is 0 Å². The Kier molecular flexibility index (Phi) is 4.53. The van der Waals surface area contributed by atoms with Crippen LogP contribution in [0.3, 0.4) is 0 Å². The molecule has 1 fully saturated rings. The molecule has 1 unspecified atom stereocenters. The maximum atomic E-state index is 13.3. The van der Waals surface area contributed by atoms with Gasteiger partial charge in [-0.1, -0.05) is 11.6 Å². The number of hydrogen-bond donors (Lipinski definition) is 0. The summed E-state index contributed by atoms with van der Waals surface area (Å²) in [6, 6.07) is 8.25. The molecule has 3 heterocycles. The topological polar surface area (TPSA) is 51.3 Å². The van der Waals surface area contributed by atoms with Gasteiger partial charge in [0.15, 0.2) is 5.76 Å². The summed E-state index contributed by atoms with van der Waals surface area (Å²) < 4.78 is 7.90. The Morgan fingerprint density at radius 3 is 3.00 bits per heavy atom. The summed E-state index contributed by atoms with van der Waals surface area (Å²) in [6.07, 6.45) is 7.97. The van der Waals surface area contributed by atoms with E-state index in [1.165, 1.54) is 12.0 Å². The molecule has 1 aliphatic heterocycles. The summed E-state index contributed by atoms with van der Waals surface area (Å²) in [5, 5.41) is 5.31. The maximum absolute atomic E-state index is 13.3. The van der Waals surface area contributed by atoms with Gasteiger partial charge in [-0.2, -0.15) is 5.10 Å². The zero-order chi connectivity index (χ0) is 18.1. The Balaban J connectivity index is 1.57. The van der Waals surface area contributed by atoms with Crippen molar-refractivity contribution in [2.45, 2.75) is 52.1 Å². The number of piperidine rings is 1. The van der Waals surface area contributed by atoms with Gasteiger partial charge in [0.1, 0.15) is 5.58 Å². The molecule has 5 heteroatoms. The summed E-state index contributed by atoms with van der Waals surface area (Å²) in [5.41, 5.74) is 2.92. The highest BCUT2D eigenvalue weighted by atomic mass is 16.3. The van der Waals surface area contributed by atoms with E-state index in [-0.39, 0.29) is 11.9 Å². The number of nitrogens with zero attached hydrogens (tertiary/aromatic N) is 3. The molecule has 26 heavy (non-hydrogen) atoms. The van der Waals surface area contributed by atoms with Crippen LogP contribution in [0, 0.1) is 13.8 Å². The highest BCUT2D eigenvalue weighted by molar-refractivity contribution is 5.99. The van der Waals surface area contributed by atoms with Gasteiger partial charge in [0, 0.05) is 42.5 Å². The van der Waals surface area contributed by atoms with Crippen molar-refractivity contribution in [1.82, 2.24) is 14.7 Å². The predicted molar refractivity (Wildman–Crippen MR) is 101 cm³/mol. The molecule has 3 aromatic rings. The molecule has 1 aliphatic rings. The number of aryl methyl sites for hydroxylation is 3. The normalized spacial score (nSPS) is 17.8. The van der Waals surface area contributed by atoms with Crippen molar-refractivity contribution in [2.24, 2.45) is 0 Å². The first kappa shape index (κ1) is 16.9. The van der Waals surface area contributed by atoms with Crippen LogP contribution in [-0.2, 0) is 6.54 Å². The van der Waals surface area contributed by atoms with Crippen LogP contribution in [0.15, 0.2) is 41.1 Å². The molecule has 0 saturated carbocycles. The van der Waals surface area contributed by atoms with E-state index in [2.05, 4.69) is 18.1 Å². The average Bonchev–Trinajstić information content (AvgIpc) is 3.28. The standard InChI is InChI=1S/C21H25N3O2/c1-15-7-8-19-18(14-15)16(2)20(26-19)21(25)24-12-4-3-6-17(24)9-13-23-11-5-10-22-23/h5,7-8,10-11,14,17H,3-4,6,9,12-13H2,1-2H3. The lowest BCUT2D eigenvalue weighted by molar-refractivity contribution is 0.0563. The zero-order valence-electron chi connectivity index (χ0n) is 15.4. The number of hydrogen-bond acceptors (Lipinski definition) is 3. The molecular weight excluding hydrogens is 326 g/mol. The van der Waals surface area contributed by atoms with Crippen molar-refractivity contribution >= 4 is 16.9 Å². The SMILES string of the molecule is Cc1ccc2oc(C(=O)N3CCCCC3CCn3cccn3)c(C)c2c1. The van der Waals surface area contributed by atoms with E-state index in [0.29, 0.717) is 5.76 Å². The molecule has 2 aromatic heterocycles. The Bertz CT molecular complexity index is 911. The summed E-state index contributed by atoms with van der Waals surface area (Å²) >= 11 is 0. The van der Waals surface area contributed by atoms with Crippen molar-refractivity contribution in [2.75, 3.05) is 6.54 Å². The molecule has 4 rings (SSSR count). The minimum absolute atomic E-state index is 0.0292.